The van der Waals surface area contributed by atoms with Crippen LogP contribution in [0.1, 0.15) is 28.4 Å². The number of rotatable bonds is 3. The lowest BCUT2D eigenvalue weighted by Crippen LogP contribution is -2.39. The fourth-order valence-electron chi connectivity index (χ4n) is 3.03. The maximum Gasteiger partial charge on any atom is 0.253 e. The molecule has 1 saturated heterocycles. The van der Waals surface area contributed by atoms with E-state index >= 15 is 0 Å². The number of nitrogens with one attached hydrogen (secondary N) is 1. The van der Waals surface area contributed by atoms with Gasteiger partial charge in [0.1, 0.15) is 5.82 Å². The highest BCUT2D eigenvalue weighted by Gasteiger charge is 2.34. The summed E-state index contributed by atoms with van der Waals surface area (Å²) in [7, 11) is 1.97. The Morgan fingerprint density at radius 2 is 2.26 bits per heavy atom. The standard InChI is InChI=1S/C17H17ClFN3O/c1-22-8-6-15(21-17(23)12-3-2-7-20-10-12)16(22)11-4-5-13(18)14(19)9-11/h2-5,7,9-10,15-16H,6,8H2,1H3,(H,21,23). The van der Waals surface area contributed by atoms with Crippen molar-refractivity contribution in [2.75, 3.05) is 13.6 Å². The summed E-state index contributed by atoms with van der Waals surface area (Å²) in [5.74, 6) is -0.611. The van der Waals surface area contributed by atoms with Gasteiger partial charge in [-0.25, -0.2) is 4.39 Å². The Bertz CT molecular complexity index is 710. The van der Waals surface area contributed by atoms with Gasteiger partial charge in [-0.2, -0.15) is 0 Å². The number of nitrogens with zero attached hydrogens (tertiary/aromatic N) is 2. The Balaban J connectivity index is 1.81. The molecular formula is C17H17ClFN3O. The van der Waals surface area contributed by atoms with Crippen LogP contribution >= 0.6 is 11.6 Å². The van der Waals surface area contributed by atoms with Gasteiger partial charge in [0.25, 0.3) is 5.91 Å². The number of halogens is 2. The van der Waals surface area contributed by atoms with Crippen molar-refractivity contribution >= 4 is 17.5 Å². The highest BCUT2D eigenvalue weighted by Crippen LogP contribution is 2.32. The third-order valence-electron chi connectivity index (χ3n) is 4.17. The smallest absolute Gasteiger partial charge is 0.253 e. The predicted octanol–water partition coefficient (Wildman–Crippen LogP) is 3.05. The number of pyridine rings is 1. The first-order chi connectivity index (χ1) is 11.1. The van der Waals surface area contributed by atoms with Crippen molar-refractivity contribution in [3.05, 3.63) is 64.7 Å². The Kier molecular flexibility index (Phi) is 4.59. The molecule has 2 heterocycles. The Hall–Kier alpha value is -1.98. The molecule has 1 N–H and O–H groups in total. The lowest BCUT2D eigenvalue weighted by molar-refractivity contribution is 0.0927. The molecule has 0 aliphatic carbocycles. The molecule has 1 aromatic heterocycles. The van der Waals surface area contributed by atoms with Crippen molar-refractivity contribution in [1.82, 2.24) is 15.2 Å². The second-order valence-corrected chi connectivity index (χ2v) is 6.12. The second kappa shape index (κ2) is 6.64. The topological polar surface area (TPSA) is 45.2 Å². The van der Waals surface area contributed by atoms with Crippen LogP contribution in [-0.4, -0.2) is 35.4 Å². The maximum absolute atomic E-state index is 13.8. The fraction of sp³-hybridized carbons (Fsp3) is 0.294. The lowest BCUT2D eigenvalue weighted by Gasteiger charge is -2.26. The zero-order chi connectivity index (χ0) is 16.4. The number of benzene rings is 1. The number of hydrogen-bond acceptors (Lipinski definition) is 3. The number of carbonyl (C=O) groups excluding carboxylic acids is 1. The molecule has 2 aromatic rings. The van der Waals surface area contributed by atoms with Crippen molar-refractivity contribution in [1.29, 1.82) is 0 Å². The van der Waals surface area contributed by atoms with Crippen molar-refractivity contribution in [2.24, 2.45) is 0 Å². The summed E-state index contributed by atoms with van der Waals surface area (Å²) in [4.78, 5) is 18.4. The summed E-state index contributed by atoms with van der Waals surface area (Å²) in [6.45, 7) is 0.826. The minimum absolute atomic E-state index is 0.0811. The quantitative estimate of drug-likeness (QED) is 0.939. The molecular weight excluding hydrogens is 317 g/mol. The van der Waals surface area contributed by atoms with Gasteiger partial charge in [-0.3, -0.25) is 14.7 Å². The van der Waals surface area contributed by atoms with E-state index in [2.05, 4.69) is 15.2 Å². The Morgan fingerprint density at radius 3 is 2.96 bits per heavy atom. The average molecular weight is 334 g/mol. The highest BCUT2D eigenvalue weighted by molar-refractivity contribution is 6.30. The van der Waals surface area contributed by atoms with E-state index < -0.39 is 5.82 Å². The summed E-state index contributed by atoms with van der Waals surface area (Å²) >= 11 is 5.76. The van der Waals surface area contributed by atoms with Crippen LogP contribution in [0.4, 0.5) is 4.39 Å². The van der Waals surface area contributed by atoms with Gasteiger partial charge < -0.3 is 5.32 Å². The van der Waals surface area contributed by atoms with E-state index in [4.69, 9.17) is 11.6 Å². The van der Waals surface area contributed by atoms with Crippen LogP contribution in [0.5, 0.6) is 0 Å². The summed E-state index contributed by atoms with van der Waals surface area (Å²) in [5, 5.41) is 3.13. The van der Waals surface area contributed by atoms with Crippen LogP contribution in [-0.2, 0) is 0 Å². The van der Waals surface area contributed by atoms with E-state index in [1.54, 1.807) is 30.5 Å². The molecule has 1 fully saturated rings. The molecule has 4 nitrogen and oxygen atoms in total. The molecule has 1 aliphatic rings. The number of hydrogen-bond donors (Lipinski definition) is 1. The molecule has 1 amide bonds. The van der Waals surface area contributed by atoms with Crippen molar-refractivity contribution in [3.8, 4) is 0 Å². The van der Waals surface area contributed by atoms with Crippen molar-refractivity contribution in [2.45, 2.75) is 18.5 Å². The molecule has 0 radical (unpaired) electrons. The first kappa shape index (κ1) is 15.9. The number of likely N-dealkylation sites (N-methyl/N-ethyl adjacent to an activating group) is 1. The fourth-order valence-corrected chi connectivity index (χ4v) is 3.15. The third-order valence-corrected chi connectivity index (χ3v) is 4.48. The molecule has 120 valence electrons. The normalized spacial score (nSPS) is 21.3. The minimum Gasteiger partial charge on any atom is -0.347 e. The Labute approximate surface area is 139 Å². The molecule has 0 spiro atoms. The van der Waals surface area contributed by atoms with Crippen LogP contribution in [0, 0.1) is 5.82 Å². The third kappa shape index (κ3) is 3.35. The van der Waals surface area contributed by atoms with Crippen LogP contribution < -0.4 is 5.32 Å². The lowest BCUT2D eigenvalue weighted by atomic mass is 9.99. The van der Waals surface area contributed by atoms with Crippen LogP contribution in [0.3, 0.4) is 0 Å². The number of carbonyl (C=O) groups is 1. The summed E-state index contributed by atoms with van der Waals surface area (Å²) < 4.78 is 13.8. The van der Waals surface area contributed by atoms with E-state index in [1.165, 1.54) is 12.3 Å². The Morgan fingerprint density at radius 1 is 1.43 bits per heavy atom. The SMILES string of the molecule is CN1CCC(NC(=O)c2cccnc2)C1c1ccc(Cl)c(F)c1. The van der Waals surface area contributed by atoms with E-state index in [9.17, 15) is 9.18 Å². The van der Waals surface area contributed by atoms with Gasteiger partial charge in [0.15, 0.2) is 0 Å². The van der Waals surface area contributed by atoms with Gasteiger partial charge in [0.05, 0.1) is 22.7 Å². The molecule has 23 heavy (non-hydrogen) atoms. The zero-order valence-corrected chi connectivity index (χ0v) is 13.4. The molecule has 6 heteroatoms. The van der Waals surface area contributed by atoms with Gasteiger partial charge in [-0.15, -0.1) is 0 Å². The molecule has 0 bridgehead atoms. The average Bonchev–Trinajstić information content (AvgIpc) is 2.91. The van der Waals surface area contributed by atoms with E-state index in [-0.39, 0.29) is 23.0 Å². The summed E-state index contributed by atoms with van der Waals surface area (Å²) in [5.41, 5.74) is 1.33. The summed E-state index contributed by atoms with van der Waals surface area (Å²) in [6.07, 6.45) is 3.96. The van der Waals surface area contributed by atoms with Crippen molar-refractivity contribution < 1.29 is 9.18 Å². The van der Waals surface area contributed by atoms with Crippen LogP contribution in [0.15, 0.2) is 42.7 Å². The monoisotopic (exact) mass is 333 g/mol. The first-order valence-electron chi connectivity index (χ1n) is 7.42. The van der Waals surface area contributed by atoms with Crippen LogP contribution in [0.2, 0.25) is 5.02 Å². The first-order valence-corrected chi connectivity index (χ1v) is 7.80. The highest BCUT2D eigenvalue weighted by atomic mass is 35.5. The van der Waals surface area contributed by atoms with Gasteiger partial charge >= 0.3 is 0 Å². The van der Waals surface area contributed by atoms with Crippen LogP contribution in [0.25, 0.3) is 0 Å². The minimum atomic E-state index is -0.443. The van der Waals surface area contributed by atoms with Gasteiger partial charge in [-0.05, 0) is 43.3 Å². The van der Waals surface area contributed by atoms with E-state index in [0.717, 1.165) is 18.5 Å². The molecule has 3 rings (SSSR count). The number of aromatic nitrogens is 1. The molecule has 1 aromatic carbocycles. The molecule has 0 saturated carbocycles. The molecule has 1 aliphatic heterocycles. The van der Waals surface area contributed by atoms with E-state index in [0.29, 0.717) is 5.56 Å². The molecule has 2 unspecified atom stereocenters. The maximum atomic E-state index is 13.8. The van der Waals surface area contributed by atoms with Gasteiger partial charge in [-0.1, -0.05) is 17.7 Å². The number of amides is 1. The zero-order valence-electron chi connectivity index (χ0n) is 12.7. The van der Waals surface area contributed by atoms with Crippen molar-refractivity contribution in [3.63, 3.8) is 0 Å². The van der Waals surface area contributed by atoms with Gasteiger partial charge in [0.2, 0.25) is 0 Å². The molecule has 2 atom stereocenters. The predicted molar refractivity (Wildman–Crippen MR) is 86.9 cm³/mol. The van der Waals surface area contributed by atoms with E-state index in [1.807, 2.05) is 7.05 Å². The largest absolute Gasteiger partial charge is 0.347 e. The second-order valence-electron chi connectivity index (χ2n) is 5.71. The summed E-state index contributed by atoms with van der Waals surface area (Å²) in [6, 6.07) is 8.08. The number of likely N-dealkylation sites (tertiary alicyclic amines) is 1. The van der Waals surface area contributed by atoms with Gasteiger partial charge in [0, 0.05) is 18.9 Å².